The van der Waals surface area contributed by atoms with Crippen molar-refractivity contribution in [3.05, 3.63) is 4.88 Å². The molecule has 1 saturated carbocycles. The predicted molar refractivity (Wildman–Crippen MR) is 88.5 cm³/mol. The van der Waals surface area contributed by atoms with E-state index in [-0.39, 0.29) is 5.91 Å². The van der Waals surface area contributed by atoms with Gasteiger partial charge in [0.15, 0.2) is 5.75 Å². The third-order valence-electron chi connectivity index (χ3n) is 3.59. The van der Waals surface area contributed by atoms with Gasteiger partial charge in [-0.3, -0.25) is 4.79 Å². The molecule has 21 heavy (non-hydrogen) atoms. The quantitative estimate of drug-likeness (QED) is 0.812. The maximum absolute atomic E-state index is 12.2. The molecular weight excluding hydrogens is 286 g/mol. The SMILES string of the molecule is COc1c(N(C)CCC(C)C)sc(C(=O)NC2CC2)c1N. The minimum Gasteiger partial charge on any atom is -0.492 e. The van der Waals surface area contributed by atoms with Crippen LogP contribution < -0.4 is 20.7 Å². The summed E-state index contributed by atoms with van der Waals surface area (Å²) in [5.74, 6) is 1.17. The molecule has 0 radical (unpaired) electrons. The molecule has 1 aliphatic rings. The van der Waals surface area contributed by atoms with Crippen LogP contribution in [0.15, 0.2) is 0 Å². The zero-order valence-electron chi connectivity index (χ0n) is 13.2. The normalized spacial score (nSPS) is 14.3. The molecule has 1 aromatic heterocycles. The highest BCUT2D eigenvalue weighted by atomic mass is 32.1. The molecule has 3 N–H and O–H groups in total. The van der Waals surface area contributed by atoms with Crippen LogP contribution in [0.3, 0.4) is 0 Å². The molecule has 118 valence electrons. The number of ether oxygens (including phenoxy) is 1. The Morgan fingerprint density at radius 3 is 2.71 bits per heavy atom. The number of methoxy groups -OCH3 is 1. The van der Waals surface area contributed by atoms with E-state index >= 15 is 0 Å². The van der Waals surface area contributed by atoms with E-state index in [4.69, 9.17) is 10.5 Å². The highest BCUT2D eigenvalue weighted by molar-refractivity contribution is 7.19. The summed E-state index contributed by atoms with van der Waals surface area (Å²) in [6.45, 7) is 5.31. The van der Waals surface area contributed by atoms with Gasteiger partial charge in [-0.2, -0.15) is 0 Å². The number of anilines is 2. The van der Waals surface area contributed by atoms with Crippen LogP contribution in [0.5, 0.6) is 5.75 Å². The lowest BCUT2D eigenvalue weighted by atomic mass is 10.1. The number of hydrogen-bond donors (Lipinski definition) is 2. The first-order chi connectivity index (χ1) is 9.93. The fraction of sp³-hybridized carbons (Fsp3) is 0.667. The van der Waals surface area contributed by atoms with Crippen molar-refractivity contribution < 1.29 is 9.53 Å². The highest BCUT2D eigenvalue weighted by Crippen LogP contribution is 2.44. The minimum absolute atomic E-state index is 0.0817. The number of nitrogens with one attached hydrogen (secondary N) is 1. The van der Waals surface area contributed by atoms with Crippen LogP contribution in [0.25, 0.3) is 0 Å². The average Bonchev–Trinajstić information content (AvgIpc) is 3.17. The summed E-state index contributed by atoms with van der Waals surface area (Å²) in [4.78, 5) is 14.9. The van der Waals surface area contributed by atoms with Gasteiger partial charge in [-0.15, -0.1) is 11.3 Å². The largest absolute Gasteiger partial charge is 0.492 e. The molecule has 0 aromatic carbocycles. The van der Waals surface area contributed by atoms with Crippen LogP contribution >= 0.6 is 11.3 Å². The summed E-state index contributed by atoms with van der Waals surface area (Å²) in [6.07, 6.45) is 3.21. The van der Waals surface area contributed by atoms with Crippen LogP contribution in [0, 0.1) is 5.92 Å². The molecule has 5 nitrogen and oxygen atoms in total. The van der Waals surface area contributed by atoms with Gasteiger partial charge >= 0.3 is 0 Å². The number of carbonyl (C=O) groups excluding carboxylic acids is 1. The maximum atomic E-state index is 12.2. The first-order valence-corrected chi connectivity index (χ1v) is 8.24. The van der Waals surface area contributed by atoms with E-state index in [1.54, 1.807) is 7.11 Å². The molecule has 0 saturated heterocycles. The Bertz CT molecular complexity index is 509. The number of hydrogen-bond acceptors (Lipinski definition) is 5. The standard InChI is InChI=1S/C15H25N3O2S/c1-9(2)7-8-18(3)15-12(20-4)11(16)13(21-15)14(19)17-10-5-6-10/h9-10H,5-8,16H2,1-4H3,(H,17,19). The van der Waals surface area contributed by atoms with Gasteiger partial charge in [0.1, 0.15) is 15.6 Å². The van der Waals surface area contributed by atoms with Crippen molar-refractivity contribution in [1.29, 1.82) is 0 Å². The predicted octanol–water partition coefficient (Wildman–Crippen LogP) is 2.71. The zero-order chi connectivity index (χ0) is 15.6. The number of rotatable bonds is 7. The van der Waals surface area contributed by atoms with E-state index in [9.17, 15) is 4.79 Å². The number of nitrogens with zero attached hydrogens (tertiary/aromatic N) is 1. The fourth-order valence-corrected chi connectivity index (χ4v) is 3.15. The number of nitrogens with two attached hydrogens (primary N) is 1. The number of thiophene rings is 1. The van der Waals surface area contributed by atoms with Crippen molar-refractivity contribution >= 4 is 27.9 Å². The lowest BCUT2D eigenvalue weighted by Gasteiger charge is -2.19. The summed E-state index contributed by atoms with van der Waals surface area (Å²) < 4.78 is 5.42. The Kier molecular flexibility index (Phi) is 4.98. The molecule has 0 aliphatic heterocycles. The van der Waals surface area contributed by atoms with Gasteiger partial charge in [0.25, 0.3) is 5.91 Å². The molecule has 1 fully saturated rings. The minimum atomic E-state index is -0.0817. The Morgan fingerprint density at radius 1 is 1.52 bits per heavy atom. The van der Waals surface area contributed by atoms with Gasteiger partial charge in [0.2, 0.25) is 0 Å². The first kappa shape index (κ1) is 15.9. The van der Waals surface area contributed by atoms with Gasteiger partial charge in [-0.05, 0) is 25.2 Å². The smallest absolute Gasteiger partial charge is 0.263 e. The number of nitrogen functional groups attached to an aromatic ring is 1. The summed E-state index contributed by atoms with van der Waals surface area (Å²) >= 11 is 1.41. The van der Waals surface area contributed by atoms with Gasteiger partial charge in [-0.1, -0.05) is 13.8 Å². The third-order valence-corrected chi connectivity index (χ3v) is 4.89. The highest BCUT2D eigenvalue weighted by Gasteiger charge is 2.28. The van der Waals surface area contributed by atoms with Crippen molar-refractivity contribution in [2.45, 2.75) is 39.2 Å². The maximum Gasteiger partial charge on any atom is 0.263 e. The van der Waals surface area contributed by atoms with Crippen molar-refractivity contribution in [3.8, 4) is 5.75 Å². The average molecular weight is 311 g/mol. The van der Waals surface area contributed by atoms with E-state index in [0.29, 0.717) is 28.3 Å². The molecule has 1 amide bonds. The molecule has 1 aromatic rings. The van der Waals surface area contributed by atoms with Crippen molar-refractivity contribution in [3.63, 3.8) is 0 Å². The van der Waals surface area contributed by atoms with Gasteiger partial charge in [-0.25, -0.2) is 0 Å². The Morgan fingerprint density at radius 2 is 2.19 bits per heavy atom. The molecule has 0 bridgehead atoms. The third kappa shape index (κ3) is 3.81. The summed E-state index contributed by atoms with van der Waals surface area (Å²) in [5.41, 5.74) is 6.55. The lowest BCUT2D eigenvalue weighted by Crippen LogP contribution is -2.25. The van der Waals surface area contributed by atoms with Crippen LogP contribution in [0.1, 0.15) is 42.8 Å². The Hall–Kier alpha value is -1.43. The Balaban J connectivity index is 2.17. The topological polar surface area (TPSA) is 67.6 Å². The number of amides is 1. The zero-order valence-corrected chi connectivity index (χ0v) is 14.0. The molecule has 2 rings (SSSR count). The second-order valence-corrected chi connectivity index (χ2v) is 7.03. The summed E-state index contributed by atoms with van der Waals surface area (Å²) in [7, 11) is 3.61. The lowest BCUT2D eigenvalue weighted by molar-refractivity contribution is 0.0956. The molecular formula is C15H25N3O2S. The molecule has 0 spiro atoms. The van der Waals surface area contributed by atoms with E-state index in [1.165, 1.54) is 11.3 Å². The first-order valence-electron chi connectivity index (χ1n) is 7.42. The fourth-order valence-electron chi connectivity index (χ4n) is 2.07. The summed E-state index contributed by atoms with van der Waals surface area (Å²) in [5, 5.41) is 3.91. The Labute approximate surface area is 130 Å². The number of carbonyl (C=O) groups is 1. The van der Waals surface area contributed by atoms with Crippen molar-refractivity contribution in [2.24, 2.45) is 5.92 Å². The van der Waals surface area contributed by atoms with Crippen LogP contribution in [-0.4, -0.2) is 32.7 Å². The summed E-state index contributed by atoms with van der Waals surface area (Å²) in [6, 6.07) is 0.326. The van der Waals surface area contributed by atoms with E-state index in [0.717, 1.165) is 30.8 Å². The van der Waals surface area contributed by atoms with E-state index in [2.05, 4.69) is 24.1 Å². The van der Waals surface area contributed by atoms with Gasteiger partial charge in [0, 0.05) is 19.6 Å². The van der Waals surface area contributed by atoms with Gasteiger partial charge in [0.05, 0.1) is 7.11 Å². The van der Waals surface area contributed by atoms with Crippen LogP contribution in [0.4, 0.5) is 10.7 Å². The molecule has 0 unspecified atom stereocenters. The monoisotopic (exact) mass is 311 g/mol. The second kappa shape index (κ2) is 6.56. The molecule has 6 heteroatoms. The van der Waals surface area contributed by atoms with Crippen LogP contribution in [0.2, 0.25) is 0 Å². The van der Waals surface area contributed by atoms with Crippen LogP contribution in [-0.2, 0) is 0 Å². The molecule has 1 aliphatic carbocycles. The van der Waals surface area contributed by atoms with Crippen molar-refractivity contribution in [2.75, 3.05) is 31.3 Å². The molecule has 1 heterocycles. The van der Waals surface area contributed by atoms with E-state index in [1.807, 2.05) is 7.05 Å². The van der Waals surface area contributed by atoms with E-state index < -0.39 is 0 Å². The van der Waals surface area contributed by atoms with Gasteiger partial charge < -0.3 is 20.7 Å². The van der Waals surface area contributed by atoms with Crippen molar-refractivity contribution in [1.82, 2.24) is 5.32 Å². The second-order valence-electron chi connectivity index (χ2n) is 6.04. The molecule has 0 atom stereocenters.